The molecule has 1 N–H and O–H groups in total. The van der Waals surface area contributed by atoms with E-state index in [-0.39, 0.29) is 40.2 Å². The van der Waals surface area contributed by atoms with Crippen LogP contribution in [0.5, 0.6) is 0 Å². The van der Waals surface area contributed by atoms with Gasteiger partial charge in [-0.15, -0.1) is 12.4 Å². The van der Waals surface area contributed by atoms with Crippen molar-refractivity contribution in [2.75, 3.05) is 0 Å². The van der Waals surface area contributed by atoms with Gasteiger partial charge in [0.2, 0.25) is 0 Å². The Morgan fingerprint density at radius 3 is 2.48 bits per heavy atom. The van der Waals surface area contributed by atoms with Gasteiger partial charge in [0.1, 0.15) is 23.8 Å². The molecule has 0 amide bonds. The molecule has 1 aromatic heterocycles. The normalized spacial score (nSPS) is 15.4. The fourth-order valence-electron chi connectivity index (χ4n) is 1.53. The van der Waals surface area contributed by atoms with Gasteiger partial charge in [0.25, 0.3) is 0 Å². The lowest BCUT2D eigenvalue weighted by molar-refractivity contribution is 1.02. The molecule has 0 aromatic carbocycles. The van der Waals surface area contributed by atoms with Crippen LogP contribution in [0.15, 0.2) is 46.5 Å². The van der Waals surface area contributed by atoms with Crippen LogP contribution in [-0.4, -0.2) is 10.2 Å². The van der Waals surface area contributed by atoms with E-state index in [1.54, 1.807) is 30.3 Å². The molecular formula is C13H6Cl2N6. The highest BCUT2D eigenvalue weighted by molar-refractivity contribution is 6.70. The fourth-order valence-corrected chi connectivity index (χ4v) is 1.75. The largest absolute Gasteiger partial charge is 0.341 e. The number of allylic oxidation sites excluding steroid dienone is 4. The SMILES string of the molecule is Cl.N#CC1=C(C#N)N/C(=C(/C#N)c2ccccn2)C(Cl)=N1. The third kappa shape index (κ3) is 3.19. The summed E-state index contributed by atoms with van der Waals surface area (Å²) in [7, 11) is 0. The van der Waals surface area contributed by atoms with Crippen molar-refractivity contribution in [1.82, 2.24) is 10.3 Å². The zero-order valence-electron chi connectivity index (χ0n) is 10.3. The van der Waals surface area contributed by atoms with Crippen molar-refractivity contribution >= 4 is 34.8 Å². The number of nitrogens with one attached hydrogen (secondary N) is 1. The second kappa shape index (κ2) is 7.07. The first-order valence-corrected chi connectivity index (χ1v) is 5.71. The predicted octanol–water partition coefficient (Wildman–Crippen LogP) is 2.24. The lowest BCUT2D eigenvalue weighted by atomic mass is 10.1. The van der Waals surface area contributed by atoms with Crippen molar-refractivity contribution in [1.29, 1.82) is 15.8 Å². The van der Waals surface area contributed by atoms with Gasteiger partial charge in [0, 0.05) is 6.20 Å². The Morgan fingerprint density at radius 1 is 1.19 bits per heavy atom. The van der Waals surface area contributed by atoms with Crippen LogP contribution in [-0.2, 0) is 0 Å². The van der Waals surface area contributed by atoms with Crippen molar-refractivity contribution in [3.8, 4) is 18.2 Å². The highest BCUT2D eigenvalue weighted by atomic mass is 35.5. The third-order valence-corrected chi connectivity index (χ3v) is 2.68. The summed E-state index contributed by atoms with van der Waals surface area (Å²) in [4.78, 5) is 7.86. The van der Waals surface area contributed by atoms with Crippen molar-refractivity contribution in [3.63, 3.8) is 0 Å². The Bertz CT molecular complexity index is 772. The monoisotopic (exact) mass is 316 g/mol. The van der Waals surface area contributed by atoms with E-state index in [4.69, 9.17) is 22.1 Å². The summed E-state index contributed by atoms with van der Waals surface area (Å²) in [5.41, 5.74) is 0.506. The molecule has 1 aromatic rings. The van der Waals surface area contributed by atoms with Crippen molar-refractivity contribution < 1.29 is 0 Å². The molecule has 0 spiro atoms. The van der Waals surface area contributed by atoms with Crippen LogP contribution in [0, 0.1) is 34.0 Å². The van der Waals surface area contributed by atoms with Gasteiger partial charge in [-0.3, -0.25) is 4.98 Å². The number of hydrogen-bond donors (Lipinski definition) is 1. The van der Waals surface area contributed by atoms with Crippen molar-refractivity contribution in [2.45, 2.75) is 0 Å². The zero-order valence-corrected chi connectivity index (χ0v) is 11.9. The molecule has 0 aliphatic carbocycles. The topological polar surface area (TPSA) is 109 Å². The molecule has 0 saturated carbocycles. The average molecular weight is 317 g/mol. The van der Waals surface area contributed by atoms with E-state index in [0.29, 0.717) is 5.69 Å². The number of nitriles is 3. The van der Waals surface area contributed by atoms with E-state index in [2.05, 4.69) is 15.3 Å². The lowest BCUT2D eigenvalue weighted by Crippen LogP contribution is -2.23. The first kappa shape index (κ1) is 16.2. The molecule has 1 aliphatic rings. The molecule has 102 valence electrons. The molecule has 2 heterocycles. The molecule has 21 heavy (non-hydrogen) atoms. The molecule has 0 fully saturated rings. The Kier molecular flexibility index (Phi) is 5.46. The molecule has 0 bridgehead atoms. The van der Waals surface area contributed by atoms with E-state index < -0.39 is 0 Å². The van der Waals surface area contributed by atoms with Gasteiger partial charge in [-0.05, 0) is 12.1 Å². The lowest BCUT2D eigenvalue weighted by Gasteiger charge is -2.15. The van der Waals surface area contributed by atoms with E-state index in [1.807, 2.05) is 6.07 Å². The van der Waals surface area contributed by atoms with Crippen LogP contribution in [0.25, 0.3) is 5.57 Å². The quantitative estimate of drug-likeness (QED) is 0.799. The van der Waals surface area contributed by atoms with Gasteiger partial charge in [-0.2, -0.15) is 15.8 Å². The van der Waals surface area contributed by atoms with Gasteiger partial charge < -0.3 is 5.32 Å². The minimum absolute atomic E-state index is 0. The summed E-state index contributed by atoms with van der Waals surface area (Å²) in [6, 6.07) is 10.6. The summed E-state index contributed by atoms with van der Waals surface area (Å²) in [5, 5.41) is 29.7. The predicted molar refractivity (Wildman–Crippen MR) is 78.7 cm³/mol. The second-order valence-corrected chi connectivity index (χ2v) is 3.91. The minimum atomic E-state index is -0.125. The zero-order chi connectivity index (χ0) is 14.5. The van der Waals surface area contributed by atoms with Crippen LogP contribution in [0.3, 0.4) is 0 Å². The Morgan fingerprint density at radius 2 is 1.95 bits per heavy atom. The highest BCUT2D eigenvalue weighted by Gasteiger charge is 2.22. The number of aromatic nitrogens is 1. The van der Waals surface area contributed by atoms with Crippen LogP contribution >= 0.6 is 24.0 Å². The maximum atomic E-state index is 9.27. The summed E-state index contributed by atoms with van der Waals surface area (Å²) >= 11 is 5.96. The number of halogens is 2. The fraction of sp³-hybridized carbons (Fsp3) is 0. The van der Waals surface area contributed by atoms with Gasteiger partial charge in [0.15, 0.2) is 16.6 Å². The number of pyridine rings is 1. The van der Waals surface area contributed by atoms with Crippen LogP contribution in [0.2, 0.25) is 0 Å². The van der Waals surface area contributed by atoms with Gasteiger partial charge in [0.05, 0.1) is 11.4 Å². The molecule has 0 unspecified atom stereocenters. The molecule has 6 nitrogen and oxygen atoms in total. The minimum Gasteiger partial charge on any atom is -0.341 e. The first-order chi connectivity index (χ1) is 9.71. The average Bonchev–Trinajstić information content (AvgIpc) is 2.50. The maximum Gasteiger partial charge on any atom is 0.176 e. The highest BCUT2D eigenvalue weighted by Crippen LogP contribution is 2.22. The summed E-state index contributed by atoms with van der Waals surface area (Å²) in [6.07, 6.45) is 1.53. The van der Waals surface area contributed by atoms with Gasteiger partial charge in [-0.1, -0.05) is 17.7 Å². The van der Waals surface area contributed by atoms with Crippen molar-refractivity contribution in [3.05, 3.63) is 47.2 Å². The summed E-state index contributed by atoms with van der Waals surface area (Å²) in [5.74, 6) is 0. The van der Waals surface area contributed by atoms with E-state index in [0.717, 1.165) is 0 Å². The molecule has 8 heteroatoms. The van der Waals surface area contributed by atoms with Crippen LogP contribution < -0.4 is 5.32 Å². The van der Waals surface area contributed by atoms with Gasteiger partial charge >= 0.3 is 0 Å². The number of aliphatic imine (C=N–C) groups is 1. The van der Waals surface area contributed by atoms with E-state index >= 15 is 0 Å². The smallest absolute Gasteiger partial charge is 0.176 e. The maximum absolute atomic E-state index is 9.27. The van der Waals surface area contributed by atoms with Crippen LogP contribution in [0.1, 0.15) is 5.69 Å². The Hall–Kier alpha value is -2.85. The molecular weight excluding hydrogens is 311 g/mol. The summed E-state index contributed by atoms with van der Waals surface area (Å²) < 4.78 is 0. The Balaban J connectivity index is 0.00000220. The molecule has 0 saturated heterocycles. The first-order valence-electron chi connectivity index (χ1n) is 5.33. The molecule has 1 aliphatic heterocycles. The molecule has 0 atom stereocenters. The number of nitrogens with zero attached hydrogens (tertiary/aromatic N) is 5. The van der Waals surface area contributed by atoms with E-state index in [9.17, 15) is 5.26 Å². The van der Waals surface area contributed by atoms with Crippen molar-refractivity contribution in [2.24, 2.45) is 4.99 Å². The standard InChI is InChI=1S/C13H5ClN6.ClH/c14-13-12(19-10(6-16)11(7-17)20-13)8(5-15)9-3-1-2-4-18-9;/h1-4,19H;1H/b12-8-;. The van der Waals surface area contributed by atoms with E-state index in [1.165, 1.54) is 6.20 Å². The third-order valence-electron chi connectivity index (χ3n) is 2.40. The second-order valence-electron chi connectivity index (χ2n) is 3.55. The van der Waals surface area contributed by atoms with Crippen LogP contribution in [0.4, 0.5) is 0 Å². The Labute approximate surface area is 131 Å². The number of rotatable bonds is 1. The number of hydrogen-bond acceptors (Lipinski definition) is 6. The molecule has 0 radical (unpaired) electrons. The van der Waals surface area contributed by atoms with Gasteiger partial charge in [-0.25, -0.2) is 4.99 Å². The summed E-state index contributed by atoms with van der Waals surface area (Å²) in [6.45, 7) is 0. The molecule has 2 rings (SSSR count).